The average molecular weight is 420 g/mol. The Morgan fingerprint density at radius 2 is 1.77 bits per heavy atom. The van der Waals surface area contributed by atoms with Crippen molar-refractivity contribution >= 4 is 5.96 Å². The number of guanidine groups is 1. The number of hydrogen-bond donors (Lipinski definition) is 2. The van der Waals surface area contributed by atoms with Gasteiger partial charge >= 0.3 is 0 Å². The molecule has 6 nitrogen and oxygen atoms in total. The van der Waals surface area contributed by atoms with Crippen molar-refractivity contribution in [1.82, 2.24) is 20.4 Å². The first-order valence-electron chi connectivity index (χ1n) is 11.4. The van der Waals surface area contributed by atoms with Gasteiger partial charge in [0.15, 0.2) is 5.96 Å². The highest BCUT2D eigenvalue weighted by molar-refractivity contribution is 5.80. The molecule has 0 radical (unpaired) electrons. The normalized spacial score (nSPS) is 21.0. The molecule has 2 saturated heterocycles. The third kappa shape index (κ3) is 6.65. The topological polar surface area (TPSA) is 52.1 Å². The highest BCUT2D eigenvalue weighted by Crippen LogP contribution is 2.23. The van der Waals surface area contributed by atoms with Gasteiger partial charge in [-0.2, -0.15) is 0 Å². The van der Waals surface area contributed by atoms with Crippen LogP contribution in [0.4, 0.5) is 4.39 Å². The van der Waals surface area contributed by atoms with E-state index in [1.165, 1.54) is 0 Å². The molecular formula is C23H38FN5O. The summed E-state index contributed by atoms with van der Waals surface area (Å²) in [6.07, 6.45) is 2.26. The monoisotopic (exact) mass is 419 g/mol. The Labute approximate surface area is 180 Å². The van der Waals surface area contributed by atoms with Crippen LogP contribution in [0.2, 0.25) is 0 Å². The van der Waals surface area contributed by atoms with Crippen molar-refractivity contribution in [3.63, 3.8) is 0 Å². The van der Waals surface area contributed by atoms with Crippen LogP contribution in [0, 0.1) is 5.82 Å². The highest BCUT2D eigenvalue weighted by atomic mass is 19.1. The average Bonchev–Trinajstić information content (AvgIpc) is 2.76. The highest BCUT2D eigenvalue weighted by Gasteiger charge is 2.24. The van der Waals surface area contributed by atoms with Crippen LogP contribution >= 0.6 is 0 Å². The van der Waals surface area contributed by atoms with E-state index in [2.05, 4.69) is 41.2 Å². The summed E-state index contributed by atoms with van der Waals surface area (Å²) in [6, 6.07) is 8.02. The summed E-state index contributed by atoms with van der Waals surface area (Å²) < 4.78 is 19.0. The van der Waals surface area contributed by atoms with E-state index >= 15 is 0 Å². The van der Waals surface area contributed by atoms with Gasteiger partial charge < -0.3 is 20.3 Å². The van der Waals surface area contributed by atoms with E-state index in [-0.39, 0.29) is 11.9 Å². The molecule has 0 amide bonds. The van der Waals surface area contributed by atoms with Crippen molar-refractivity contribution < 1.29 is 9.13 Å². The van der Waals surface area contributed by atoms with Crippen molar-refractivity contribution in [2.45, 2.75) is 51.7 Å². The zero-order chi connectivity index (χ0) is 21.3. The van der Waals surface area contributed by atoms with Gasteiger partial charge in [-0.25, -0.2) is 4.39 Å². The molecule has 2 fully saturated rings. The first-order valence-corrected chi connectivity index (χ1v) is 11.4. The van der Waals surface area contributed by atoms with Gasteiger partial charge in [-0.05, 0) is 51.3 Å². The van der Waals surface area contributed by atoms with Gasteiger partial charge in [-0.3, -0.25) is 9.89 Å². The molecule has 3 rings (SSSR count). The number of hydrogen-bond acceptors (Lipinski definition) is 4. The number of nitrogens with zero attached hydrogens (tertiary/aromatic N) is 3. The van der Waals surface area contributed by atoms with Crippen LogP contribution in [-0.4, -0.2) is 80.3 Å². The molecule has 0 saturated carbocycles. The lowest BCUT2D eigenvalue weighted by Crippen LogP contribution is -2.50. The lowest BCUT2D eigenvalue weighted by atomic mass is 10.0. The SMILES string of the molecule is CCNC(=NCC(c1ccc(F)cc1)N1CCOCC1)NC1CCN(C(C)C)CC1. The van der Waals surface area contributed by atoms with E-state index in [4.69, 9.17) is 9.73 Å². The number of nitrogens with one attached hydrogen (secondary N) is 2. The summed E-state index contributed by atoms with van der Waals surface area (Å²) in [6.45, 7) is 13.5. The lowest BCUT2D eigenvalue weighted by Gasteiger charge is -2.36. The van der Waals surface area contributed by atoms with Crippen molar-refractivity contribution in [3.8, 4) is 0 Å². The fraction of sp³-hybridized carbons (Fsp3) is 0.696. The van der Waals surface area contributed by atoms with Gasteiger partial charge in [-0.15, -0.1) is 0 Å². The number of morpholine rings is 1. The Morgan fingerprint density at radius 1 is 1.10 bits per heavy atom. The second kappa shape index (κ2) is 11.6. The smallest absolute Gasteiger partial charge is 0.191 e. The molecule has 2 aliphatic rings. The molecule has 1 atom stereocenters. The van der Waals surface area contributed by atoms with E-state index in [0.717, 1.165) is 70.3 Å². The summed E-state index contributed by atoms with van der Waals surface area (Å²) in [5.41, 5.74) is 1.10. The molecule has 30 heavy (non-hydrogen) atoms. The number of likely N-dealkylation sites (tertiary alicyclic amines) is 1. The van der Waals surface area contributed by atoms with Crippen molar-refractivity contribution in [2.75, 3.05) is 52.5 Å². The van der Waals surface area contributed by atoms with E-state index in [1.807, 2.05) is 12.1 Å². The van der Waals surface area contributed by atoms with Crippen LogP contribution in [0.5, 0.6) is 0 Å². The third-order valence-electron chi connectivity index (χ3n) is 6.11. The molecule has 0 bridgehead atoms. The Morgan fingerprint density at radius 3 is 2.37 bits per heavy atom. The minimum Gasteiger partial charge on any atom is -0.379 e. The van der Waals surface area contributed by atoms with Gasteiger partial charge in [0.2, 0.25) is 0 Å². The minimum atomic E-state index is -0.203. The maximum absolute atomic E-state index is 13.5. The van der Waals surface area contributed by atoms with Crippen LogP contribution < -0.4 is 10.6 Å². The van der Waals surface area contributed by atoms with Gasteiger partial charge in [0, 0.05) is 44.8 Å². The number of ether oxygens (including phenoxy) is 1. The van der Waals surface area contributed by atoms with E-state index in [1.54, 1.807) is 12.1 Å². The van der Waals surface area contributed by atoms with Gasteiger partial charge in [-0.1, -0.05) is 12.1 Å². The van der Waals surface area contributed by atoms with Crippen LogP contribution in [0.25, 0.3) is 0 Å². The van der Waals surface area contributed by atoms with E-state index in [9.17, 15) is 4.39 Å². The fourth-order valence-electron chi connectivity index (χ4n) is 4.26. The maximum atomic E-state index is 13.5. The molecule has 2 heterocycles. The zero-order valence-electron chi connectivity index (χ0n) is 18.7. The third-order valence-corrected chi connectivity index (χ3v) is 6.11. The Hall–Kier alpha value is -1.70. The minimum absolute atomic E-state index is 0.118. The van der Waals surface area contributed by atoms with Crippen LogP contribution in [-0.2, 0) is 4.74 Å². The molecule has 1 aromatic carbocycles. The molecule has 1 aromatic rings. The molecular weight excluding hydrogens is 381 g/mol. The van der Waals surface area contributed by atoms with Gasteiger partial charge in [0.1, 0.15) is 5.82 Å². The Balaban J connectivity index is 1.66. The van der Waals surface area contributed by atoms with Gasteiger partial charge in [0.05, 0.1) is 25.8 Å². The summed E-state index contributed by atoms with van der Waals surface area (Å²) >= 11 is 0. The number of rotatable bonds is 7. The first-order chi connectivity index (χ1) is 14.6. The fourth-order valence-corrected chi connectivity index (χ4v) is 4.26. The van der Waals surface area contributed by atoms with Crippen molar-refractivity contribution in [1.29, 1.82) is 0 Å². The predicted octanol–water partition coefficient (Wildman–Crippen LogP) is 2.63. The van der Waals surface area contributed by atoms with Crippen LogP contribution in [0.3, 0.4) is 0 Å². The predicted molar refractivity (Wildman–Crippen MR) is 120 cm³/mol. The second-order valence-corrected chi connectivity index (χ2v) is 8.48. The largest absolute Gasteiger partial charge is 0.379 e. The number of piperidine rings is 1. The van der Waals surface area contributed by atoms with Gasteiger partial charge in [0.25, 0.3) is 0 Å². The molecule has 2 N–H and O–H groups in total. The summed E-state index contributed by atoms with van der Waals surface area (Å²) in [5.74, 6) is 0.673. The van der Waals surface area contributed by atoms with Crippen LogP contribution in [0.1, 0.15) is 45.2 Å². The van der Waals surface area contributed by atoms with Crippen LogP contribution in [0.15, 0.2) is 29.3 Å². The molecule has 1 unspecified atom stereocenters. The standard InChI is InChI=1S/C23H38FN5O/c1-4-25-23(27-21-9-11-28(12-10-21)18(2)3)26-17-22(29-13-15-30-16-14-29)19-5-7-20(24)8-6-19/h5-8,18,21-22H,4,9-17H2,1-3H3,(H2,25,26,27). The Kier molecular flexibility index (Phi) is 8.90. The van der Waals surface area contributed by atoms with Crippen molar-refractivity contribution in [3.05, 3.63) is 35.6 Å². The molecule has 0 aromatic heterocycles. The number of aliphatic imine (C=N–C) groups is 1. The quantitative estimate of drug-likeness (QED) is 0.526. The summed E-state index contributed by atoms with van der Waals surface area (Å²) in [7, 11) is 0. The second-order valence-electron chi connectivity index (χ2n) is 8.48. The zero-order valence-corrected chi connectivity index (χ0v) is 18.7. The summed E-state index contributed by atoms with van der Waals surface area (Å²) in [4.78, 5) is 9.87. The molecule has 0 spiro atoms. The molecule has 2 aliphatic heterocycles. The Bertz CT molecular complexity index is 652. The first kappa shape index (κ1) is 23.0. The number of benzene rings is 1. The molecule has 7 heteroatoms. The summed E-state index contributed by atoms with van der Waals surface area (Å²) in [5, 5.41) is 7.05. The lowest BCUT2D eigenvalue weighted by molar-refractivity contribution is 0.0179. The van der Waals surface area contributed by atoms with Crippen molar-refractivity contribution in [2.24, 2.45) is 4.99 Å². The van der Waals surface area contributed by atoms with E-state index in [0.29, 0.717) is 18.6 Å². The molecule has 0 aliphatic carbocycles. The van der Waals surface area contributed by atoms with E-state index < -0.39 is 0 Å². The molecule has 168 valence electrons. The number of halogens is 1. The maximum Gasteiger partial charge on any atom is 0.191 e.